The van der Waals surface area contributed by atoms with Crippen LogP contribution in [0.2, 0.25) is 0 Å². The Labute approximate surface area is 187 Å². The molecule has 0 saturated carbocycles. The first-order chi connectivity index (χ1) is 15.1. The predicted octanol–water partition coefficient (Wildman–Crippen LogP) is 2.04. The molecule has 3 heterocycles. The van der Waals surface area contributed by atoms with Crippen molar-refractivity contribution < 1.29 is 5.11 Å². The molecule has 4 rings (SSSR count). The monoisotopic (exact) mass is 428 g/mol. The number of aliphatic imine (C=N–C) groups is 1. The van der Waals surface area contributed by atoms with Gasteiger partial charge in [-0.25, -0.2) is 0 Å². The summed E-state index contributed by atoms with van der Waals surface area (Å²) < 4.78 is 0. The Balaban J connectivity index is 1.36. The minimum absolute atomic E-state index is 0.251. The normalized spacial score (nSPS) is 23.7. The maximum absolute atomic E-state index is 10.2. The van der Waals surface area contributed by atoms with Gasteiger partial charge in [0.2, 0.25) is 0 Å². The molecule has 1 aromatic rings. The molecule has 172 valence electrons. The topological polar surface area (TPSA) is 57.6 Å². The first-order valence-electron chi connectivity index (χ1n) is 12.0. The van der Waals surface area contributed by atoms with Crippen LogP contribution in [-0.2, 0) is 0 Å². The van der Waals surface area contributed by atoms with Crippen LogP contribution < -0.4 is 10.2 Å². The second-order valence-corrected chi connectivity index (χ2v) is 9.44. The molecule has 0 unspecified atom stereocenters. The zero-order valence-corrected chi connectivity index (χ0v) is 19.4. The van der Waals surface area contributed by atoms with E-state index in [-0.39, 0.29) is 5.54 Å². The number of rotatable bonds is 4. The fourth-order valence-electron chi connectivity index (χ4n) is 5.47. The highest BCUT2D eigenvalue weighted by atomic mass is 16.3. The van der Waals surface area contributed by atoms with Crippen LogP contribution in [0.3, 0.4) is 0 Å². The summed E-state index contributed by atoms with van der Waals surface area (Å²) in [5.41, 5.74) is 1.18. The van der Waals surface area contributed by atoms with Crippen molar-refractivity contribution in [2.75, 3.05) is 77.9 Å². The summed E-state index contributed by atoms with van der Waals surface area (Å²) in [7, 11) is 4.15. The minimum Gasteiger partial charge on any atom is -0.506 e. The number of benzene rings is 1. The molecule has 7 nitrogen and oxygen atoms in total. The van der Waals surface area contributed by atoms with Gasteiger partial charge in [-0.3, -0.25) is 9.89 Å². The highest BCUT2D eigenvalue weighted by molar-refractivity contribution is 5.80. The van der Waals surface area contributed by atoms with Gasteiger partial charge >= 0.3 is 0 Å². The summed E-state index contributed by atoms with van der Waals surface area (Å²) in [6, 6.07) is 7.63. The number of hydrogen-bond acceptors (Lipinski definition) is 5. The van der Waals surface area contributed by atoms with E-state index in [2.05, 4.69) is 37.0 Å². The molecule has 0 amide bonds. The lowest BCUT2D eigenvalue weighted by molar-refractivity contribution is 0.0169. The summed E-state index contributed by atoms with van der Waals surface area (Å²) in [4.78, 5) is 14.5. The number of phenols is 1. The first-order valence-corrected chi connectivity index (χ1v) is 12.0. The molecule has 0 spiro atoms. The molecule has 3 saturated heterocycles. The van der Waals surface area contributed by atoms with Crippen molar-refractivity contribution in [3.8, 4) is 5.75 Å². The smallest absolute Gasteiger partial charge is 0.193 e. The van der Waals surface area contributed by atoms with E-state index in [1.807, 2.05) is 25.2 Å². The quantitative estimate of drug-likeness (QED) is 0.565. The number of guanidine groups is 1. The second-order valence-electron chi connectivity index (χ2n) is 9.44. The van der Waals surface area contributed by atoms with E-state index < -0.39 is 0 Å². The molecular weight excluding hydrogens is 388 g/mol. The van der Waals surface area contributed by atoms with Crippen LogP contribution in [0.1, 0.15) is 32.1 Å². The van der Waals surface area contributed by atoms with Crippen molar-refractivity contribution in [2.45, 2.75) is 37.6 Å². The maximum Gasteiger partial charge on any atom is 0.193 e. The van der Waals surface area contributed by atoms with E-state index in [9.17, 15) is 5.11 Å². The van der Waals surface area contributed by atoms with Crippen molar-refractivity contribution in [1.29, 1.82) is 0 Å². The van der Waals surface area contributed by atoms with Crippen LogP contribution in [0.5, 0.6) is 5.75 Å². The third kappa shape index (κ3) is 5.09. The predicted molar refractivity (Wildman–Crippen MR) is 128 cm³/mol. The Kier molecular flexibility index (Phi) is 7.23. The molecule has 0 radical (unpaired) electrons. The molecule has 2 N–H and O–H groups in total. The average molecular weight is 429 g/mol. The number of nitrogens with zero attached hydrogens (tertiary/aromatic N) is 5. The lowest BCUT2D eigenvalue weighted by Gasteiger charge is -2.50. The largest absolute Gasteiger partial charge is 0.506 e. The zero-order chi connectivity index (χ0) is 21.7. The van der Waals surface area contributed by atoms with Crippen molar-refractivity contribution in [2.24, 2.45) is 4.99 Å². The minimum atomic E-state index is 0.251. The Hall–Kier alpha value is -1.99. The van der Waals surface area contributed by atoms with Crippen molar-refractivity contribution in [3.63, 3.8) is 0 Å². The van der Waals surface area contributed by atoms with E-state index in [0.717, 1.165) is 44.4 Å². The summed E-state index contributed by atoms with van der Waals surface area (Å²) in [5.74, 6) is 1.39. The van der Waals surface area contributed by atoms with Gasteiger partial charge in [0.1, 0.15) is 5.75 Å². The number of aromatic hydroxyl groups is 1. The molecule has 0 aliphatic carbocycles. The fourth-order valence-corrected chi connectivity index (χ4v) is 5.47. The molecule has 7 heteroatoms. The number of phenolic OH excluding ortho intramolecular Hbond substituents is 1. The molecule has 31 heavy (non-hydrogen) atoms. The van der Waals surface area contributed by atoms with E-state index >= 15 is 0 Å². The van der Waals surface area contributed by atoms with Gasteiger partial charge in [-0.1, -0.05) is 18.6 Å². The Morgan fingerprint density at radius 1 is 0.968 bits per heavy atom. The van der Waals surface area contributed by atoms with E-state index in [1.165, 1.54) is 58.3 Å². The van der Waals surface area contributed by atoms with Gasteiger partial charge < -0.3 is 25.1 Å². The van der Waals surface area contributed by atoms with Gasteiger partial charge in [0.15, 0.2) is 5.96 Å². The highest BCUT2D eigenvalue weighted by Crippen LogP contribution is 2.31. The van der Waals surface area contributed by atoms with Crippen LogP contribution in [-0.4, -0.2) is 104 Å². The number of nitrogens with one attached hydrogen (secondary N) is 1. The van der Waals surface area contributed by atoms with E-state index in [0.29, 0.717) is 5.75 Å². The Bertz CT molecular complexity index is 731. The third-order valence-electron chi connectivity index (χ3n) is 7.53. The lowest BCUT2D eigenvalue weighted by atomic mass is 9.84. The van der Waals surface area contributed by atoms with Gasteiger partial charge in [-0.15, -0.1) is 0 Å². The average Bonchev–Trinajstić information content (AvgIpc) is 2.82. The fraction of sp³-hybridized carbons (Fsp3) is 0.708. The van der Waals surface area contributed by atoms with Gasteiger partial charge in [0.05, 0.1) is 5.69 Å². The lowest BCUT2D eigenvalue weighted by Crippen LogP contribution is -2.63. The Morgan fingerprint density at radius 2 is 1.65 bits per heavy atom. The van der Waals surface area contributed by atoms with E-state index in [1.54, 1.807) is 6.07 Å². The van der Waals surface area contributed by atoms with Gasteiger partial charge in [-0.05, 0) is 71.0 Å². The van der Waals surface area contributed by atoms with Crippen LogP contribution in [0.15, 0.2) is 29.3 Å². The summed E-state index contributed by atoms with van der Waals surface area (Å²) in [5, 5.41) is 14.0. The van der Waals surface area contributed by atoms with Gasteiger partial charge in [0.25, 0.3) is 0 Å². The first kappa shape index (κ1) is 22.2. The molecule has 3 fully saturated rings. The molecule has 3 aliphatic heterocycles. The van der Waals surface area contributed by atoms with Crippen LogP contribution in [0.25, 0.3) is 0 Å². The highest BCUT2D eigenvalue weighted by Gasteiger charge is 2.40. The molecule has 0 bridgehead atoms. The number of hydrogen-bond donors (Lipinski definition) is 2. The van der Waals surface area contributed by atoms with E-state index in [4.69, 9.17) is 0 Å². The molecule has 0 aromatic heterocycles. The number of piperidine rings is 2. The molecular formula is C24H40N6O. The van der Waals surface area contributed by atoms with Crippen molar-refractivity contribution in [3.05, 3.63) is 24.3 Å². The molecule has 3 aliphatic rings. The van der Waals surface area contributed by atoms with Crippen LogP contribution >= 0.6 is 0 Å². The Morgan fingerprint density at radius 3 is 2.29 bits per heavy atom. The molecule has 0 atom stereocenters. The summed E-state index contributed by atoms with van der Waals surface area (Å²) in [6.45, 7) is 9.41. The van der Waals surface area contributed by atoms with Gasteiger partial charge in [-0.2, -0.15) is 0 Å². The van der Waals surface area contributed by atoms with Gasteiger partial charge in [0, 0.05) is 45.3 Å². The molecule has 1 aromatic carbocycles. The van der Waals surface area contributed by atoms with Crippen molar-refractivity contribution in [1.82, 2.24) is 20.0 Å². The maximum atomic E-state index is 10.2. The standard InChI is InChI=1S/C24H40N6O/c1-25-23(29-18-16-28(17-19-29)21-8-4-5-9-22(21)31)26-20-24(10-14-27(2)15-11-24)30-12-6-3-7-13-30/h4-5,8-9,31H,3,6-7,10-20H2,1-2H3,(H,25,26). The number of piperazine rings is 1. The third-order valence-corrected chi connectivity index (χ3v) is 7.53. The number of anilines is 1. The SMILES string of the molecule is CN=C(NCC1(N2CCCCC2)CCN(C)CC1)N1CCN(c2ccccc2O)CC1. The number of likely N-dealkylation sites (tertiary alicyclic amines) is 2. The summed E-state index contributed by atoms with van der Waals surface area (Å²) in [6.07, 6.45) is 6.51. The summed E-state index contributed by atoms with van der Waals surface area (Å²) >= 11 is 0. The number of para-hydroxylation sites is 2. The van der Waals surface area contributed by atoms with Crippen LogP contribution in [0.4, 0.5) is 5.69 Å². The zero-order valence-electron chi connectivity index (χ0n) is 19.4. The second kappa shape index (κ2) is 10.1. The van der Waals surface area contributed by atoms with Crippen molar-refractivity contribution >= 4 is 11.6 Å². The van der Waals surface area contributed by atoms with Crippen LogP contribution in [0, 0.1) is 0 Å².